The molecule has 1 atom stereocenters. The van der Waals surface area contributed by atoms with E-state index < -0.39 is 13.7 Å². The van der Waals surface area contributed by atoms with Gasteiger partial charge in [-0.05, 0) is 55.1 Å². The van der Waals surface area contributed by atoms with Gasteiger partial charge in [0.25, 0.3) is 0 Å². The number of carbonyl (C=O) groups is 1. The monoisotopic (exact) mass is 535 g/mol. The minimum absolute atomic E-state index is 0.0275. The molecule has 200 valence electrons. The highest BCUT2D eigenvalue weighted by molar-refractivity contribution is 6.74. The van der Waals surface area contributed by atoms with Crippen molar-refractivity contribution >= 4 is 20.4 Å². The lowest BCUT2D eigenvalue weighted by Gasteiger charge is -2.69. The highest BCUT2D eigenvalue weighted by Gasteiger charge is 2.73. The first-order chi connectivity index (χ1) is 17.9. The van der Waals surface area contributed by atoms with Crippen molar-refractivity contribution in [3.05, 3.63) is 53.2 Å². The number of hydrogen-bond acceptors (Lipinski definition) is 7. The van der Waals surface area contributed by atoms with Crippen LogP contribution in [0.3, 0.4) is 0 Å². The number of nitrogens with zero attached hydrogens (tertiary/aromatic N) is 5. The highest BCUT2D eigenvalue weighted by atomic mass is 28.4. The van der Waals surface area contributed by atoms with Gasteiger partial charge < -0.3 is 9.16 Å². The Morgan fingerprint density at radius 2 is 1.97 bits per heavy atom. The van der Waals surface area contributed by atoms with Crippen molar-refractivity contribution in [3.8, 4) is 11.9 Å². The van der Waals surface area contributed by atoms with Gasteiger partial charge in [0.05, 0.1) is 37.1 Å². The molecule has 4 aliphatic rings. The second-order valence-corrected chi connectivity index (χ2v) is 17.4. The molecule has 0 radical (unpaired) electrons. The van der Waals surface area contributed by atoms with Crippen LogP contribution in [0.4, 0.5) is 4.39 Å². The Morgan fingerprint density at radius 3 is 2.61 bits per heavy atom. The summed E-state index contributed by atoms with van der Waals surface area (Å²) in [6.45, 7) is 11.5. The summed E-state index contributed by atoms with van der Waals surface area (Å²) in [5.41, 5.74) is 1.18. The molecule has 38 heavy (non-hydrogen) atoms. The fourth-order valence-electron chi connectivity index (χ4n) is 5.57. The molecule has 1 amide bonds. The third-order valence-electron chi connectivity index (χ3n) is 8.75. The summed E-state index contributed by atoms with van der Waals surface area (Å²) < 4.78 is 26.8. The first-order valence-electron chi connectivity index (χ1n) is 13.0. The maximum absolute atomic E-state index is 14.7. The first kappa shape index (κ1) is 26.4. The minimum atomic E-state index is -2.03. The molecule has 0 N–H and O–H groups in total. The number of rotatable bonds is 8. The highest BCUT2D eigenvalue weighted by Crippen LogP contribution is 2.74. The predicted molar refractivity (Wildman–Crippen MR) is 142 cm³/mol. The zero-order valence-electron chi connectivity index (χ0n) is 22.6. The SMILES string of the molecule is CC(C)(C)[Si](C)(C)OCc1cc(C2CC=NN2C(=O)C23CC(COc4cnc(C#N)cn4)(C2)C3)ccc1F. The lowest BCUT2D eigenvalue weighted by molar-refractivity contribution is -0.227. The molecule has 1 aromatic heterocycles. The van der Waals surface area contributed by atoms with E-state index in [9.17, 15) is 9.18 Å². The van der Waals surface area contributed by atoms with Crippen LogP contribution in [0, 0.1) is 28.0 Å². The predicted octanol–water partition coefficient (Wildman–Crippen LogP) is 5.52. The Bertz CT molecular complexity index is 1300. The van der Waals surface area contributed by atoms with Crippen LogP contribution in [0.1, 0.15) is 69.3 Å². The van der Waals surface area contributed by atoms with Gasteiger partial charge in [-0.2, -0.15) is 10.4 Å². The third-order valence-corrected chi connectivity index (χ3v) is 13.2. The molecule has 1 aromatic carbocycles. The van der Waals surface area contributed by atoms with Gasteiger partial charge in [-0.3, -0.25) is 4.79 Å². The van der Waals surface area contributed by atoms with E-state index in [2.05, 4.69) is 48.9 Å². The van der Waals surface area contributed by atoms with Crippen LogP contribution in [0.2, 0.25) is 18.1 Å². The largest absolute Gasteiger partial charge is 0.476 e. The van der Waals surface area contributed by atoms with Crippen LogP contribution in [-0.4, -0.2) is 42.0 Å². The van der Waals surface area contributed by atoms with Crippen LogP contribution in [0.15, 0.2) is 35.7 Å². The molecule has 3 saturated carbocycles. The van der Waals surface area contributed by atoms with Crippen LogP contribution in [0.5, 0.6) is 5.88 Å². The molecule has 0 spiro atoms. The van der Waals surface area contributed by atoms with E-state index in [1.54, 1.807) is 17.3 Å². The van der Waals surface area contributed by atoms with E-state index in [0.29, 0.717) is 24.5 Å². The fourth-order valence-corrected chi connectivity index (χ4v) is 6.52. The summed E-state index contributed by atoms with van der Waals surface area (Å²) in [6, 6.07) is 6.74. The molecule has 3 aliphatic carbocycles. The van der Waals surface area contributed by atoms with Crippen LogP contribution in [-0.2, 0) is 15.8 Å². The molecular formula is C28H34FN5O3Si. The molecule has 10 heteroatoms. The second kappa shape index (κ2) is 9.24. The van der Waals surface area contributed by atoms with Crippen molar-refractivity contribution in [1.29, 1.82) is 5.26 Å². The Kier molecular flexibility index (Phi) is 6.43. The van der Waals surface area contributed by atoms with Gasteiger partial charge >= 0.3 is 0 Å². The van der Waals surface area contributed by atoms with E-state index in [-0.39, 0.29) is 40.5 Å². The van der Waals surface area contributed by atoms with Crippen molar-refractivity contribution in [2.45, 2.75) is 77.2 Å². The molecule has 1 unspecified atom stereocenters. The number of halogens is 1. The van der Waals surface area contributed by atoms with Crippen molar-refractivity contribution in [1.82, 2.24) is 15.0 Å². The van der Waals surface area contributed by atoms with Crippen LogP contribution < -0.4 is 4.74 Å². The Balaban J connectivity index is 1.21. The number of carbonyl (C=O) groups excluding carboxylic acids is 1. The summed E-state index contributed by atoms with van der Waals surface area (Å²) in [6.07, 6.45) is 7.44. The molecular weight excluding hydrogens is 501 g/mol. The third kappa shape index (κ3) is 4.62. The zero-order chi connectivity index (χ0) is 27.3. The number of hydrogen-bond donors (Lipinski definition) is 0. The number of benzene rings is 1. The maximum Gasteiger partial charge on any atom is 0.249 e. The van der Waals surface area contributed by atoms with Crippen molar-refractivity contribution in [2.75, 3.05) is 6.61 Å². The first-order valence-corrected chi connectivity index (χ1v) is 15.9. The summed E-state index contributed by atoms with van der Waals surface area (Å²) >= 11 is 0. The molecule has 2 heterocycles. The number of amides is 1. The molecule has 1 aliphatic heterocycles. The lowest BCUT2D eigenvalue weighted by atomic mass is 9.35. The summed E-state index contributed by atoms with van der Waals surface area (Å²) in [4.78, 5) is 21.7. The number of ether oxygens (including phenoxy) is 1. The van der Waals surface area contributed by atoms with Crippen LogP contribution in [0.25, 0.3) is 0 Å². The number of aromatic nitrogens is 2. The topological polar surface area (TPSA) is 101 Å². The average molecular weight is 536 g/mol. The summed E-state index contributed by atoms with van der Waals surface area (Å²) in [5.74, 6) is 0.111. The molecule has 6 rings (SSSR count). The molecule has 2 aromatic rings. The van der Waals surface area contributed by atoms with Gasteiger partial charge in [0, 0.05) is 23.6 Å². The van der Waals surface area contributed by atoms with Crippen molar-refractivity contribution < 1.29 is 18.3 Å². The Hall–Kier alpha value is -3.16. The fraction of sp³-hybridized carbons (Fsp3) is 0.536. The molecule has 2 bridgehead atoms. The standard InChI is InChI=1S/C28H34FN5O3Si/c1-26(2,3)38(4,5)37-14-20-10-19(6-7-22(20)29)23-8-9-33-34(23)25(35)28-15-27(16-28,17-28)18-36-24-13-31-21(11-30)12-32-24/h6-7,9-10,12-13,23H,8,14-18H2,1-5H3. The smallest absolute Gasteiger partial charge is 0.249 e. The van der Waals surface area contributed by atoms with E-state index in [1.165, 1.54) is 18.5 Å². The normalized spacial score (nSPS) is 25.9. The molecule has 8 nitrogen and oxygen atoms in total. The van der Waals surface area contributed by atoms with Gasteiger partial charge in [0.2, 0.25) is 11.8 Å². The average Bonchev–Trinajstić information content (AvgIpc) is 3.31. The molecule has 0 saturated heterocycles. The number of hydrazone groups is 1. The van der Waals surface area contributed by atoms with Gasteiger partial charge in [-0.15, -0.1) is 0 Å². The lowest BCUT2D eigenvalue weighted by Crippen LogP contribution is -2.69. The van der Waals surface area contributed by atoms with E-state index in [1.807, 2.05) is 12.1 Å². The summed E-state index contributed by atoms with van der Waals surface area (Å²) in [7, 11) is -2.03. The minimum Gasteiger partial charge on any atom is -0.476 e. The Labute approximate surface area is 224 Å². The zero-order valence-corrected chi connectivity index (χ0v) is 23.6. The Morgan fingerprint density at radius 1 is 1.24 bits per heavy atom. The van der Waals surface area contributed by atoms with Gasteiger partial charge in [0.15, 0.2) is 14.0 Å². The maximum atomic E-state index is 14.7. The quantitative estimate of drug-likeness (QED) is 0.413. The summed E-state index contributed by atoms with van der Waals surface area (Å²) in [5, 5.41) is 14.9. The van der Waals surface area contributed by atoms with E-state index in [4.69, 9.17) is 14.4 Å². The van der Waals surface area contributed by atoms with Crippen LogP contribution >= 0.6 is 0 Å². The number of nitriles is 1. The van der Waals surface area contributed by atoms with Gasteiger partial charge in [0.1, 0.15) is 11.9 Å². The second-order valence-electron chi connectivity index (χ2n) is 12.6. The van der Waals surface area contributed by atoms with Gasteiger partial charge in [-0.1, -0.05) is 26.8 Å². The van der Waals surface area contributed by atoms with E-state index in [0.717, 1.165) is 24.8 Å². The van der Waals surface area contributed by atoms with E-state index >= 15 is 0 Å². The van der Waals surface area contributed by atoms with Crippen molar-refractivity contribution in [3.63, 3.8) is 0 Å². The molecule has 3 fully saturated rings. The van der Waals surface area contributed by atoms with Gasteiger partial charge in [-0.25, -0.2) is 19.4 Å². The van der Waals surface area contributed by atoms with Crippen molar-refractivity contribution in [2.24, 2.45) is 15.9 Å².